The number of carbonyl (C=O) groups excluding carboxylic acids is 1. The van der Waals surface area contributed by atoms with Crippen LogP contribution in [-0.2, 0) is 16.1 Å². The average molecular weight is 359 g/mol. The first-order chi connectivity index (χ1) is 9.99. The third-order valence-corrected chi connectivity index (χ3v) is 3.48. The minimum atomic E-state index is -0.572. The van der Waals surface area contributed by atoms with Crippen molar-refractivity contribution in [3.8, 4) is 5.75 Å². The van der Waals surface area contributed by atoms with Crippen LogP contribution in [0, 0.1) is 6.92 Å². The Balaban J connectivity index is 2.65. The van der Waals surface area contributed by atoms with Crippen LogP contribution in [-0.4, -0.2) is 32.3 Å². The molecule has 0 aliphatic heterocycles. The lowest BCUT2D eigenvalue weighted by Crippen LogP contribution is -2.37. The number of methoxy groups -OCH3 is 1. The highest BCUT2D eigenvalue weighted by atomic mass is 79.9. The summed E-state index contributed by atoms with van der Waals surface area (Å²) in [5.74, 6) is 0.539. The first-order valence-corrected chi connectivity index (χ1v) is 7.71. The summed E-state index contributed by atoms with van der Waals surface area (Å²) >= 11 is 3.43. The van der Waals surface area contributed by atoms with Crippen LogP contribution in [0.3, 0.4) is 0 Å². The molecule has 0 fully saturated rings. The summed E-state index contributed by atoms with van der Waals surface area (Å²) in [4.78, 5) is 12.0. The highest BCUT2D eigenvalue weighted by molar-refractivity contribution is 9.10. The number of halogens is 1. The Kier molecular flexibility index (Phi) is 7.71. The van der Waals surface area contributed by atoms with Gasteiger partial charge in [0.1, 0.15) is 5.75 Å². The van der Waals surface area contributed by atoms with Crippen molar-refractivity contribution in [2.75, 3.05) is 20.3 Å². The van der Waals surface area contributed by atoms with Crippen molar-refractivity contribution < 1.29 is 14.3 Å². The van der Waals surface area contributed by atoms with Crippen molar-refractivity contribution in [2.24, 2.45) is 5.73 Å². The Labute approximate surface area is 134 Å². The molecule has 1 amide bonds. The van der Waals surface area contributed by atoms with E-state index in [1.165, 1.54) is 0 Å². The highest BCUT2D eigenvalue weighted by Crippen LogP contribution is 2.28. The van der Waals surface area contributed by atoms with Gasteiger partial charge in [-0.05, 0) is 38.0 Å². The topological polar surface area (TPSA) is 73.6 Å². The number of hydrogen-bond acceptors (Lipinski definition) is 4. The van der Waals surface area contributed by atoms with Crippen LogP contribution < -0.4 is 15.8 Å². The number of ether oxygens (including phenoxy) is 2. The van der Waals surface area contributed by atoms with Crippen molar-refractivity contribution in [3.63, 3.8) is 0 Å². The van der Waals surface area contributed by atoms with Gasteiger partial charge in [0, 0.05) is 36.8 Å². The van der Waals surface area contributed by atoms with Crippen LogP contribution in [0.5, 0.6) is 5.75 Å². The normalized spacial score (nSPS) is 12.0. The Hall–Kier alpha value is -1.11. The Bertz CT molecular complexity index is 480. The summed E-state index contributed by atoms with van der Waals surface area (Å²) in [6.45, 7) is 5.22. The van der Waals surface area contributed by atoms with Gasteiger partial charge in [-0.15, -0.1) is 0 Å². The van der Waals surface area contributed by atoms with E-state index in [4.69, 9.17) is 15.2 Å². The monoisotopic (exact) mass is 358 g/mol. The molecule has 1 aromatic rings. The van der Waals surface area contributed by atoms with Gasteiger partial charge in [-0.1, -0.05) is 15.9 Å². The molecule has 118 valence electrons. The molecule has 21 heavy (non-hydrogen) atoms. The summed E-state index contributed by atoms with van der Waals surface area (Å²) in [6, 6.07) is 3.85. The zero-order valence-corrected chi connectivity index (χ0v) is 14.3. The van der Waals surface area contributed by atoms with Crippen molar-refractivity contribution in [1.29, 1.82) is 0 Å². The van der Waals surface area contributed by atoms with E-state index in [1.807, 2.05) is 19.1 Å². The minimum absolute atomic E-state index is 0.142. The van der Waals surface area contributed by atoms with Gasteiger partial charge in [-0.25, -0.2) is 0 Å². The van der Waals surface area contributed by atoms with Crippen LogP contribution in [0.15, 0.2) is 16.6 Å². The number of rotatable bonds is 8. The largest absolute Gasteiger partial charge is 0.480 e. The fourth-order valence-corrected chi connectivity index (χ4v) is 2.54. The molecule has 0 saturated carbocycles. The van der Waals surface area contributed by atoms with Gasteiger partial charge in [0.25, 0.3) is 5.91 Å². The molecule has 1 atom stereocenters. The van der Waals surface area contributed by atoms with E-state index >= 15 is 0 Å². The van der Waals surface area contributed by atoms with Crippen LogP contribution in [0.4, 0.5) is 0 Å². The standard InChI is InChI=1S/C15H23BrN2O3/c1-10-7-13(16)8-12(9-17)14(10)21-11(2)15(19)18-5-4-6-20-3/h7-8,11H,4-6,9,17H2,1-3H3,(H,18,19). The fourth-order valence-electron chi connectivity index (χ4n) is 1.92. The average Bonchev–Trinajstić information content (AvgIpc) is 2.45. The predicted octanol–water partition coefficient (Wildman–Crippen LogP) is 2.14. The smallest absolute Gasteiger partial charge is 0.260 e. The first-order valence-electron chi connectivity index (χ1n) is 6.92. The molecule has 0 aromatic heterocycles. The number of aryl methyl sites for hydroxylation is 1. The molecule has 0 radical (unpaired) electrons. The summed E-state index contributed by atoms with van der Waals surface area (Å²) in [5.41, 5.74) is 7.56. The van der Waals surface area contributed by atoms with Crippen molar-refractivity contribution in [3.05, 3.63) is 27.7 Å². The van der Waals surface area contributed by atoms with Gasteiger partial charge in [-0.2, -0.15) is 0 Å². The number of nitrogens with two attached hydrogens (primary N) is 1. The maximum Gasteiger partial charge on any atom is 0.260 e. The van der Waals surface area contributed by atoms with E-state index in [1.54, 1.807) is 14.0 Å². The lowest BCUT2D eigenvalue weighted by Gasteiger charge is -2.19. The number of benzene rings is 1. The predicted molar refractivity (Wildman–Crippen MR) is 86.4 cm³/mol. The maximum atomic E-state index is 12.0. The Morgan fingerprint density at radius 2 is 2.19 bits per heavy atom. The molecule has 0 bridgehead atoms. The second-order valence-corrected chi connectivity index (χ2v) is 5.73. The summed E-state index contributed by atoms with van der Waals surface area (Å²) in [5, 5.41) is 2.82. The Morgan fingerprint density at radius 3 is 2.81 bits per heavy atom. The molecular weight excluding hydrogens is 336 g/mol. The van der Waals surface area contributed by atoms with E-state index in [0.717, 1.165) is 22.0 Å². The molecule has 1 aromatic carbocycles. The number of hydrogen-bond donors (Lipinski definition) is 2. The van der Waals surface area contributed by atoms with Crippen molar-refractivity contribution in [2.45, 2.75) is 32.9 Å². The molecule has 3 N–H and O–H groups in total. The molecule has 6 heteroatoms. The fraction of sp³-hybridized carbons (Fsp3) is 0.533. The Morgan fingerprint density at radius 1 is 1.48 bits per heavy atom. The van der Waals surface area contributed by atoms with E-state index in [0.29, 0.717) is 25.4 Å². The zero-order chi connectivity index (χ0) is 15.8. The van der Waals surface area contributed by atoms with E-state index in [9.17, 15) is 4.79 Å². The molecule has 0 aliphatic rings. The lowest BCUT2D eigenvalue weighted by molar-refractivity contribution is -0.127. The molecule has 0 spiro atoms. The van der Waals surface area contributed by atoms with Gasteiger partial charge in [0.15, 0.2) is 6.10 Å². The molecule has 0 aliphatic carbocycles. The molecule has 1 rings (SSSR count). The summed E-state index contributed by atoms with van der Waals surface area (Å²) in [6.07, 6.45) is 0.207. The quantitative estimate of drug-likeness (QED) is 0.698. The van der Waals surface area contributed by atoms with Gasteiger partial charge in [0.2, 0.25) is 0 Å². The number of carbonyl (C=O) groups is 1. The van der Waals surface area contributed by atoms with Gasteiger partial charge in [0.05, 0.1) is 0 Å². The van der Waals surface area contributed by atoms with Crippen LogP contribution in [0.2, 0.25) is 0 Å². The van der Waals surface area contributed by atoms with Gasteiger partial charge >= 0.3 is 0 Å². The van der Waals surface area contributed by atoms with Crippen LogP contribution >= 0.6 is 15.9 Å². The third kappa shape index (κ3) is 5.65. The molecular formula is C15H23BrN2O3. The van der Waals surface area contributed by atoms with E-state index in [2.05, 4.69) is 21.2 Å². The zero-order valence-electron chi connectivity index (χ0n) is 12.7. The van der Waals surface area contributed by atoms with E-state index < -0.39 is 6.10 Å². The summed E-state index contributed by atoms with van der Waals surface area (Å²) < 4.78 is 11.7. The van der Waals surface area contributed by atoms with Crippen molar-refractivity contribution in [1.82, 2.24) is 5.32 Å². The maximum absolute atomic E-state index is 12.0. The SMILES string of the molecule is COCCCNC(=O)C(C)Oc1c(C)cc(Br)cc1CN. The van der Waals surface area contributed by atoms with Crippen LogP contribution in [0.25, 0.3) is 0 Å². The first kappa shape index (κ1) is 17.9. The van der Waals surface area contributed by atoms with E-state index in [-0.39, 0.29) is 5.91 Å². The number of amides is 1. The molecule has 0 heterocycles. The number of nitrogens with one attached hydrogen (secondary N) is 1. The third-order valence-electron chi connectivity index (χ3n) is 3.02. The van der Waals surface area contributed by atoms with Gasteiger partial charge < -0.3 is 20.5 Å². The molecule has 0 saturated heterocycles. The summed E-state index contributed by atoms with van der Waals surface area (Å²) in [7, 11) is 1.64. The van der Waals surface area contributed by atoms with Crippen LogP contribution in [0.1, 0.15) is 24.5 Å². The van der Waals surface area contributed by atoms with Gasteiger partial charge in [-0.3, -0.25) is 4.79 Å². The molecule has 1 unspecified atom stereocenters. The second-order valence-electron chi connectivity index (χ2n) is 4.81. The second kappa shape index (κ2) is 9.02. The van der Waals surface area contributed by atoms with Crippen molar-refractivity contribution >= 4 is 21.8 Å². The minimum Gasteiger partial charge on any atom is -0.480 e. The lowest BCUT2D eigenvalue weighted by atomic mass is 10.1. The molecule has 5 nitrogen and oxygen atoms in total. The highest BCUT2D eigenvalue weighted by Gasteiger charge is 2.17.